The zero-order valence-corrected chi connectivity index (χ0v) is 13.1. The van der Waals surface area contributed by atoms with Crippen LogP contribution >= 0.6 is 0 Å². The van der Waals surface area contributed by atoms with Crippen molar-refractivity contribution in [1.82, 2.24) is 4.90 Å². The molecule has 0 aromatic heterocycles. The van der Waals surface area contributed by atoms with E-state index in [4.69, 9.17) is 18.9 Å². The van der Waals surface area contributed by atoms with Crippen LogP contribution < -0.4 is 0 Å². The number of hydrogen-bond donors (Lipinski definition) is 1. The summed E-state index contributed by atoms with van der Waals surface area (Å²) in [6.07, 6.45) is -2.44. The van der Waals surface area contributed by atoms with Crippen LogP contribution in [0.3, 0.4) is 0 Å². The number of aliphatic hydroxyl groups excluding tert-OH is 1. The molecule has 6 heteroatoms. The van der Waals surface area contributed by atoms with Crippen molar-refractivity contribution < 1.29 is 24.1 Å². The van der Waals surface area contributed by atoms with E-state index in [1.54, 1.807) is 0 Å². The van der Waals surface area contributed by atoms with Gasteiger partial charge < -0.3 is 29.0 Å². The lowest BCUT2D eigenvalue weighted by molar-refractivity contribution is -0.348. The van der Waals surface area contributed by atoms with E-state index >= 15 is 0 Å². The van der Waals surface area contributed by atoms with Gasteiger partial charge in [0.1, 0.15) is 18.3 Å². The van der Waals surface area contributed by atoms with Gasteiger partial charge in [-0.3, -0.25) is 0 Å². The molecule has 1 aromatic carbocycles. The molecule has 22 heavy (non-hydrogen) atoms. The highest BCUT2D eigenvalue weighted by molar-refractivity contribution is 5.16. The lowest BCUT2D eigenvalue weighted by Crippen LogP contribution is -2.66. The van der Waals surface area contributed by atoms with Gasteiger partial charge in [-0.05, 0) is 14.1 Å². The lowest BCUT2D eigenvalue weighted by Gasteiger charge is -2.49. The maximum Gasteiger partial charge on any atom is 0.185 e. The van der Waals surface area contributed by atoms with E-state index in [-0.39, 0.29) is 18.2 Å². The zero-order chi connectivity index (χ0) is 15.7. The summed E-state index contributed by atoms with van der Waals surface area (Å²) in [7, 11) is 5.36. The predicted octanol–water partition coefficient (Wildman–Crippen LogP) is 0.763. The Balaban J connectivity index is 1.81. The Kier molecular flexibility index (Phi) is 4.77. The molecule has 0 spiro atoms. The van der Waals surface area contributed by atoms with Gasteiger partial charge in [0.15, 0.2) is 12.6 Å². The van der Waals surface area contributed by atoms with Gasteiger partial charge in [0.25, 0.3) is 0 Å². The van der Waals surface area contributed by atoms with E-state index < -0.39 is 18.7 Å². The molecule has 0 saturated carbocycles. The lowest BCUT2D eigenvalue weighted by atomic mass is 9.94. The molecule has 2 fully saturated rings. The smallest absolute Gasteiger partial charge is 0.185 e. The fourth-order valence-electron chi connectivity index (χ4n) is 3.15. The first-order valence-electron chi connectivity index (χ1n) is 7.46. The molecular weight excluding hydrogens is 286 g/mol. The summed E-state index contributed by atoms with van der Waals surface area (Å²) >= 11 is 0. The third kappa shape index (κ3) is 2.90. The number of fused-ring (bicyclic) bond motifs is 1. The van der Waals surface area contributed by atoms with Crippen molar-refractivity contribution in [2.45, 2.75) is 36.9 Å². The van der Waals surface area contributed by atoms with Crippen molar-refractivity contribution in [3.63, 3.8) is 0 Å². The molecule has 3 rings (SSSR count). The van der Waals surface area contributed by atoms with Gasteiger partial charge in [0.2, 0.25) is 0 Å². The molecule has 0 radical (unpaired) electrons. The van der Waals surface area contributed by atoms with Crippen molar-refractivity contribution >= 4 is 0 Å². The Labute approximate surface area is 130 Å². The first-order valence-corrected chi connectivity index (χ1v) is 7.46. The number of nitrogens with zero attached hydrogens (tertiary/aromatic N) is 1. The quantitative estimate of drug-likeness (QED) is 0.890. The van der Waals surface area contributed by atoms with Crippen molar-refractivity contribution in [2.75, 3.05) is 27.8 Å². The van der Waals surface area contributed by atoms with Crippen LogP contribution in [-0.4, -0.2) is 68.5 Å². The van der Waals surface area contributed by atoms with E-state index in [1.807, 2.05) is 49.3 Å². The molecule has 6 nitrogen and oxygen atoms in total. The van der Waals surface area contributed by atoms with Crippen molar-refractivity contribution in [3.8, 4) is 0 Å². The molecule has 2 saturated heterocycles. The molecule has 1 N–H and O–H groups in total. The van der Waals surface area contributed by atoms with Crippen molar-refractivity contribution in [2.24, 2.45) is 0 Å². The van der Waals surface area contributed by atoms with E-state index in [1.165, 1.54) is 7.11 Å². The van der Waals surface area contributed by atoms with E-state index in [2.05, 4.69) is 0 Å². The Morgan fingerprint density at radius 3 is 2.55 bits per heavy atom. The normalized spacial score (nSPS) is 38.8. The van der Waals surface area contributed by atoms with Crippen molar-refractivity contribution in [3.05, 3.63) is 35.9 Å². The number of aliphatic hydroxyl groups is 1. The molecule has 0 bridgehead atoms. The van der Waals surface area contributed by atoms with Crippen LogP contribution in [0.1, 0.15) is 11.9 Å². The molecule has 1 aromatic rings. The molecule has 6 atom stereocenters. The third-order valence-corrected chi connectivity index (χ3v) is 4.23. The van der Waals surface area contributed by atoms with E-state index in [0.29, 0.717) is 6.61 Å². The Morgan fingerprint density at radius 1 is 1.18 bits per heavy atom. The van der Waals surface area contributed by atoms with Crippen LogP contribution in [0.15, 0.2) is 30.3 Å². The van der Waals surface area contributed by atoms with Gasteiger partial charge in [-0.1, -0.05) is 30.3 Å². The van der Waals surface area contributed by atoms with Gasteiger partial charge in [0.05, 0.1) is 12.6 Å². The highest BCUT2D eigenvalue weighted by atomic mass is 16.7. The van der Waals surface area contributed by atoms with Crippen LogP contribution in [0.4, 0.5) is 0 Å². The SMILES string of the molecule is CO[C@@H]1O[C@@H]2CO[C@H](c3ccccc3)O[C@@H]2[C@@H](N(C)C)[C@H]1O. The fourth-order valence-corrected chi connectivity index (χ4v) is 3.15. The zero-order valence-electron chi connectivity index (χ0n) is 13.1. The average molecular weight is 309 g/mol. The molecule has 0 amide bonds. The monoisotopic (exact) mass is 309 g/mol. The minimum atomic E-state index is -0.782. The number of likely N-dealkylation sites (N-methyl/N-ethyl adjacent to an activating group) is 1. The van der Waals surface area contributed by atoms with Crippen LogP contribution in [-0.2, 0) is 18.9 Å². The second-order valence-electron chi connectivity index (χ2n) is 5.90. The van der Waals surface area contributed by atoms with Gasteiger partial charge in [-0.2, -0.15) is 0 Å². The molecule has 122 valence electrons. The number of benzene rings is 1. The second kappa shape index (κ2) is 6.62. The minimum absolute atomic E-state index is 0.223. The highest BCUT2D eigenvalue weighted by Crippen LogP contribution is 2.35. The summed E-state index contributed by atoms with van der Waals surface area (Å²) < 4.78 is 22.9. The van der Waals surface area contributed by atoms with Crippen LogP contribution in [0.2, 0.25) is 0 Å². The summed E-state index contributed by atoms with van der Waals surface area (Å²) in [4.78, 5) is 1.95. The maximum absolute atomic E-state index is 10.5. The standard InChI is InChI=1S/C16H23NO5/c1-17(2)12-13(18)16(19-3)21-11-9-20-15(22-14(11)12)10-7-5-4-6-8-10/h4-8,11-16,18H,9H2,1-3H3/t11-,12+,13-,14+,15+,16-/m1/s1. The maximum atomic E-state index is 10.5. The van der Waals surface area contributed by atoms with Gasteiger partial charge in [-0.15, -0.1) is 0 Å². The molecule has 2 aliphatic heterocycles. The first-order chi connectivity index (χ1) is 10.6. The number of methoxy groups -OCH3 is 1. The largest absolute Gasteiger partial charge is 0.386 e. The molecular formula is C16H23NO5. The summed E-state index contributed by atoms with van der Waals surface area (Å²) in [6.45, 7) is 0.404. The van der Waals surface area contributed by atoms with Gasteiger partial charge >= 0.3 is 0 Å². The van der Waals surface area contributed by atoms with Crippen LogP contribution in [0, 0.1) is 0 Å². The Morgan fingerprint density at radius 2 is 1.91 bits per heavy atom. The summed E-state index contributed by atoms with van der Waals surface area (Å²) in [6, 6.07) is 9.56. The molecule has 0 aliphatic carbocycles. The van der Waals surface area contributed by atoms with Gasteiger partial charge in [-0.25, -0.2) is 0 Å². The van der Waals surface area contributed by atoms with E-state index in [9.17, 15) is 5.11 Å². The average Bonchev–Trinajstić information content (AvgIpc) is 2.54. The first kappa shape index (κ1) is 15.9. The number of hydrogen-bond acceptors (Lipinski definition) is 6. The van der Waals surface area contributed by atoms with Crippen molar-refractivity contribution in [1.29, 1.82) is 0 Å². The minimum Gasteiger partial charge on any atom is -0.386 e. The fraction of sp³-hybridized carbons (Fsp3) is 0.625. The highest BCUT2D eigenvalue weighted by Gasteiger charge is 2.50. The third-order valence-electron chi connectivity index (χ3n) is 4.23. The van der Waals surface area contributed by atoms with E-state index in [0.717, 1.165) is 5.56 Å². The summed E-state index contributed by atoms with van der Waals surface area (Å²) in [5.74, 6) is 0. The molecule has 0 unspecified atom stereocenters. The van der Waals surface area contributed by atoms with Crippen LogP contribution in [0.25, 0.3) is 0 Å². The number of rotatable bonds is 3. The second-order valence-corrected chi connectivity index (χ2v) is 5.90. The molecule has 2 aliphatic rings. The molecule has 2 heterocycles. The topological polar surface area (TPSA) is 60.4 Å². The van der Waals surface area contributed by atoms with Gasteiger partial charge in [0, 0.05) is 12.7 Å². The van der Waals surface area contributed by atoms with Crippen LogP contribution in [0.5, 0.6) is 0 Å². The number of ether oxygens (including phenoxy) is 4. The Hall–Kier alpha value is -1.02. The summed E-state index contributed by atoms with van der Waals surface area (Å²) in [5.41, 5.74) is 0.960. The Bertz CT molecular complexity index is 483. The predicted molar refractivity (Wildman–Crippen MR) is 79.2 cm³/mol. The summed E-state index contributed by atoms with van der Waals surface area (Å²) in [5, 5.41) is 10.5.